The van der Waals surface area contributed by atoms with E-state index in [4.69, 9.17) is 0 Å². The minimum atomic E-state index is -0.381. The van der Waals surface area contributed by atoms with Crippen LogP contribution in [0.4, 0.5) is 0 Å². The molecule has 0 aliphatic carbocycles. The number of nitrogens with one attached hydrogen (secondary N) is 2. The van der Waals surface area contributed by atoms with Gasteiger partial charge in [-0.3, -0.25) is 9.59 Å². The molecule has 5 nitrogen and oxygen atoms in total. The number of amides is 2. The molecular weight excluding hydrogens is 418 g/mol. The van der Waals surface area contributed by atoms with Gasteiger partial charge in [-0.1, -0.05) is 54.6 Å². The van der Waals surface area contributed by atoms with Crippen LogP contribution in [0, 0.1) is 0 Å². The Balaban J connectivity index is 1.25. The highest BCUT2D eigenvalue weighted by Gasteiger charge is 2.38. The molecule has 5 rings (SSSR count). The van der Waals surface area contributed by atoms with Crippen molar-refractivity contribution in [3.8, 4) is 0 Å². The topological polar surface area (TPSA) is 71.1 Å². The van der Waals surface area contributed by atoms with E-state index in [0.29, 0.717) is 25.8 Å². The van der Waals surface area contributed by atoms with Crippen molar-refractivity contribution < 1.29 is 9.59 Å². The van der Waals surface area contributed by atoms with Crippen molar-refractivity contribution in [1.82, 2.24) is 15.6 Å². The third kappa shape index (κ3) is 4.36. The van der Waals surface area contributed by atoms with Crippen LogP contribution >= 0.6 is 11.3 Å². The molecular formula is C26H25N3O2S. The van der Waals surface area contributed by atoms with E-state index in [1.807, 2.05) is 36.4 Å². The zero-order valence-electron chi connectivity index (χ0n) is 17.8. The lowest BCUT2D eigenvalue weighted by atomic mass is 9.83. The Morgan fingerprint density at radius 3 is 2.72 bits per heavy atom. The molecule has 3 aromatic carbocycles. The van der Waals surface area contributed by atoms with Gasteiger partial charge >= 0.3 is 0 Å². The van der Waals surface area contributed by atoms with Crippen molar-refractivity contribution >= 4 is 44.1 Å². The first-order valence-electron chi connectivity index (χ1n) is 11.0. The molecule has 6 heteroatoms. The second kappa shape index (κ2) is 8.71. The van der Waals surface area contributed by atoms with Crippen molar-refractivity contribution in [3.05, 3.63) is 77.3 Å². The summed E-state index contributed by atoms with van der Waals surface area (Å²) in [5.41, 5.74) is 1.79. The number of carbonyl (C=O) groups is 2. The number of hydrogen-bond donors (Lipinski definition) is 2. The van der Waals surface area contributed by atoms with Gasteiger partial charge in [-0.05, 0) is 47.7 Å². The Kier molecular flexibility index (Phi) is 5.62. The number of fused-ring (bicyclic) bond motifs is 2. The summed E-state index contributed by atoms with van der Waals surface area (Å²) in [6.07, 6.45) is 2.98. The molecule has 1 aliphatic heterocycles. The molecule has 1 aliphatic rings. The van der Waals surface area contributed by atoms with Crippen LogP contribution in [0.15, 0.2) is 66.7 Å². The number of aromatic nitrogens is 1. The van der Waals surface area contributed by atoms with Crippen molar-refractivity contribution in [2.45, 2.75) is 44.2 Å². The summed E-state index contributed by atoms with van der Waals surface area (Å²) in [5, 5.41) is 9.50. The van der Waals surface area contributed by atoms with E-state index in [0.717, 1.165) is 28.1 Å². The number of carbonyl (C=O) groups excluding carboxylic acids is 2. The zero-order chi connectivity index (χ0) is 22.0. The molecule has 1 unspecified atom stereocenters. The number of benzene rings is 3. The standard InChI is InChI=1S/C26H25N3O2S/c30-23(27-17-25-28-21-10-3-4-11-22(21)32-25)12-14-26(15-13-24(31)29-26)16-19-8-5-7-18-6-1-2-9-20(18)19/h1-11H,12-17H2,(H,27,30)(H,29,31). The monoisotopic (exact) mass is 443 g/mol. The van der Waals surface area contributed by atoms with E-state index in [1.165, 1.54) is 16.3 Å². The summed E-state index contributed by atoms with van der Waals surface area (Å²) >= 11 is 1.60. The van der Waals surface area contributed by atoms with Gasteiger partial charge in [0.25, 0.3) is 0 Å². The van der Waals surface area contributed by atoms with Crippen LogP contribution in [0.3, 0.4) is 0 Å². The van der Waals surface area contributed by atoms with Crippen LogP contribution in [0.25, 0.3) is 21.0 Å². The number of para-hydroxylation sites is 1. The predicted octanol–water partition coefficient (Wildman–Crippen LogP) is 4.74. The molecule has 162 valence electrons. The number of thiazole rings is 1. The van der Waals surface area contributed by atoms with Gasteiger partial charge in [0.1, 0.15) is 5.01 Å². The Labute approximate surface area is 190 Å². The molecule has 0 saturated carbocycles. The maximum atomic E-state index is 12.6. The lowest BCUT2D eigenvalue weighted by molar-refractivity contribution is -0.122. The van der Waals surface area contributed by atoms with Gasteiger partial charge in [-0.2, -0.15) is 0 Å². The van der Waals surface area contributed by atoms with Crippen LogP contribution in [-0.2, 0) is 22.6 Å². The molecule has 2 amide bonds. The second-order valence-electron chi connectivity index (χ2n) is 8.50. The molecule has 0 spiro atoms. The fourth-order valence-corrected chi connectivity index (χ4v) is 5.51. The predicted molar refractivity (Wildman–Crippen MR) is 128 cm³/mol. The first-order chi connectivity index (χ1) is 15.6. The molecule has 4 aromatic rings. The van der Waals surface area contributed by atoms with Crippen molar-refractivity contribution in [2.75, 3.05) is 0 Å². The summed E-state index contributed by atoms with van der Waals surface area (Å²) in [5.74, 6) is 0.0582. The molecule has 0 bridgehead atoms. The van der Waals surface area contributed by atoms with Crippen LogP contribution in [0.5, 0.6) is 0 Å². The first kappa shape index (κ1) is 20.6. The van der Waals surface area contributed by atoms with Gasteiger partial charge in [-0.15, -0.1) is 11.3 Å². The van der Waals surface area contributed by atoms with E-state index in [2.05, 4.69) is 45.9 Å². The Hall–Kier alpha value is -3.25. The van der Waals surface area contributed by atoms with Crippen molar-refractivity contribution in [3.63, 3.8) is 0 Å². The van der Waals surface area contributed by atoms with E-state index in [-0.39, 0.29) is 17.4 Å². The van der Waals surface area contributed by atoms with Gasteiger partial charge in [0.15, 0.2) is 0 Å². The van der Waals surface area contributed by atoms with Crippen LogP contribution < -0.4 is 10.6 Å². The average Bonchev–Trinajstić information content (AvgIpc) is 3.40. The van der Waals surface area contributed by atoms with Crippen molar-refractivity contribution in [1.29, 1.82) is 0 Å². The molecule has 1 aromatic heterocycles. The van der Waals surface area contributed by atoms with Crippen LogP contribution in [0.2, 0.25) is 0 Å². The second-order valence-corrected chi connectivity index (χ2v) is 9.61. The van der Waals surface area contributed by atoms with Gasteiger partial charge < -0.3 is 10.6 Å². The van der Waals surface area contributed by atoms with Crippen LogP contribution in [0.1, 0.15) is 36.3 Å². The van der Waals surface area contributed by atoms with Gasteiger partial charge in [0.05, 0.1) is 16.8 Å². The van der Waals surface area contributed by atoms with E-state index < -0.39 is 0 Å². The third-order valence-corrected chi connectivity index (χ3v) is 7.29. The fourth-order valence-electron chi connectivity index (χ4n) is 4.60. The van der Waals surface area contributed by atoms with Gasteiger partial charge in [-0.25, -0.2) is 4.98 Å². The van der Waals surface area contributed by atoms with Gasteiger partial charge in [0.2, 0.25) is 11.8 Å². The zero-order valence-corrected chi connectivity index (χ0v) is 18.6. The molecule has 1 atom stereocenters. The van der Waals surface area contributed by atoms with Crippen molar-refractivity contribution in [2.24, 2.45) is 0 Å². The quantitative estimate of drug-likeness (QED) is 0.433. The largest absolute Gasteiger partial charge is 0.350 e. The maximum Gasteiger partial charge on any atom is 0.220 e. The maximum absolute atomic E-state index is 12.6. The minimum Gasteiger partial charge on any atom is -0.350 e. The Morgan fingerprint density at radius 1 is 1.06 bits per heavy atom. The highest BCUT2D eigenvalue weighted by molar-refractivity contribution is 7.18. The lowest BCUT2D eigenvalue weighted by Gasteiger charge is -2.30. The molecule has 0 radical (unpaired) electrons. The summed E-state index contributed by atoms with van der Waals surface area (Å²) in [4.78, 5) is 29.3. The van der Waals surface area contributed by atoms with Gasteiger partial charge in [0, 0.05) is 18.4 Å². The summed E-state index contributed by atoms with van der Waals surface area (Å²) in [6.45, 7) is 0.431. The molecule has 32 heavy (non-hydrogen) atoms. The normalized spacial score (nSPS) is 18.2. The fraction of sp³-hybridized carbons (Fsp3) is 0.269. The van der Waals surface area contributed by atoms with E-state index >= 15 is 0 Å². The molecule has 1 fully saturated rings. The van der Waals surface area contributed by atoms with E-state index in [1.54, 1.807) is 11.3 Å². The highest BCUT2D eigenvalue weighted by atomic mass is 32.1. The molecule has 2 N–H and O–H groups in total. The first-order valence-corrected chi connectivity index (χ1v) is 11.8. The number of hydrogen-bond acceptors (Lipinski definition) is 4. The SMILES string of the molecule is O=C(CCC1(Cc2cccc3ccccc23)CCC(=O)N1)NCc1nc2ccccc2s1. The molecule has 2 heterocycles. The number of nitrogens with zero attached hydrogens (tertiary/aromatic N) is 1. The van der Waals surface area contributed by atoms with E-state index in [9.17, 15) is 9.59 Å². The molecule has 1 saturated heterocycles. The third-order valence-electron chi connectivity index (χ3n) is 6.25. The smallest absolute Gasteiger partial charge is 0.220 e. The summed E-state index contributed by atoms with van der Waals surface area (Å²) in [6, 6.07) is 22.6. The average molecular weight is 444 g/mol. The summed E-state index contributed by atoms with van der Waals surface area (Å²) < 4.78 is 1.12. The van der Waals surface area contributed by atoms with Crippen LogP contribution in [-0.4, -0.2) is 22.3 Å². The number of rotatable bonds is 7. The summed E-state index contributed by atoms with van der Waals surface area (Å²) in [7, 11) is 0. The Morgan fingerprint density at radius 2 is 1.88 bits per heavy atom. The highest BCUT2D eigenvalue weighted by Crippen LogP contribution is 2.32. The minimum absolute atomic E-state index is 0.0114. The Bertz CT molecular complexity index is 1260. The lowest BCUT2D eigenvalue weighted by Crippen LogP contribution is -2.44.